The first kappa shape index (κ1) is 13.9. The third-order valence-electron chi connectivity index (χ3n) is 2.90. The molecular formula is C16H16N2O2. The second-order valence-corrected chi connectivity index (χ2v) is 4.47. The van der Waals surface area contributed by atoms with E-state index in [2.05, 4.69) is 17.2 Å². The molecule has 0 bridgehead atoms. The molecule has 0 spiro atoms. The molecular weight excluding hydrogens is 252 g/mol. The molecule has 0 fully saturated rings. The SMILES string of the molecule is Cc1ccc(C#CCO)c(NC(=O)c2cccn2C)c1. The second-order valence-electron chi connectivity index (χ2n) is 4.47. The summed E-state index contributed by atoms with van der Waals surface area (Å²) in [5.41, 5.74) is 2.94. The Hall–Kier alpha value is -2.51. The van der Waals surface area contributed by atoms with Crippen LogP contribution in [0.5, 0.6) is 0 Å². The molecule has 0 saturated heterocycles. The van der Waals surface area contributed by atoms with Crippen LogP contribution in [0.4, 0.5) is 5.69 Å². The summed E-state index contributed by atoms with van der Waals surface area (Å²) >= 11 is 0. The fourth-order valence-electron chi connectivity index (χ4n) is 1.89. The number of nitrogens with one attached hydrogen (secondary N) is 1. The largest absolute Gasteiger partial charge is 0.384 e. The molecule has 20 heavy (non-hydrogen) atoms. The zero-order chi connectivity index (χ0) is 14.5. The van der Waals surface area contributed by atoms with Crippen LogP contribution in [0, 0.1) is 18.8 Å². The van der Waals surface area contributed by atoms with Crippen molar-refractivity contribution in [1.29, 1.82) is 0 Å². The van der Waals surface area contributed by atoms with Crippen molar-refractivity contribution in [3.8, 4) is 11.8 Å². The Balaban J connectivity index is 2.31. The van der Waals surface area contributed by atoms with Crippen LogP contribution in [0.25, 0.3) is 0 Å². The highest BCUT2D eigenvalue weighted by atomic mass is 16.2. The van der Waals surface area contributed by atoms with Crippen molar-refractivity contribution in [1.82, 2.24) is 4.57 Å². The van der Waals surface area contributed by atoms with Crippen LogP contribution in [-0.2, 0) is 7.05 Å². The van der Waals surface area contributed by atoms with Crippen molar-refractivity contribution >= 4 is 11.6 Å². The number of carbonyl (C=O) groups excluding carboxylic acids is 1. The van der Waals surface area contributed by atoms with Crippen LogP contribution in [0.3, 0.4) is 0 Å². The van der Waals surface area contributed by atoms with Gasteiger partial charge in [0.2, 0.25) is 0 Å². The minimum atomic E-state index is -0.209. The van der Waals surface area contributed by atoms with Crippen molar-refractivity contribution in [3.63, 3.8) is 0 Å². The van der Waals surface area contributed by atoms with Gasteiger partial charge >= 0.3 is 0 Å². The third-order valence-corrected chi connectivity index (χ3v) is 2.90. The fraction of sp³-hybridized carbons (Fsp3) is 0.188. The molecule has 0 aliphatic carbocycles. The molecule has 0 atom stereocenters. The molecule has 0 saturated carbocycles. The maximum atomic E-state index is 12.2. The second kappa shape index (κ2) is 6.09. The van der Waals surface area contributed by atoms with Crippen molar-refractivity contribution in [2.24, 2.45) is 7.05 Å². The van der Waals surface area contributed by atoms with E-state index in [-0.39, 0.29) is 12.5 Å². The first-order chi connectivity index (χ1) is 9.61. The number of benzene rings is 1. The number of hydrogen-bond acceptors (Lipinski definition) is 2. The standard InChI is InChI=1S/C16H16N2O2/c1-12-7-8-13(5-4-10-19)14(11-12)17-16(20)15-6-3-9-18(15)2/h3,6-9,11,19H,10H2,1-2H3,(H,17,20). The molecule has 1 amide bonds. The van der Waals surface area contributed by atoms with E-state index in [0.717, 1.165) is 5.56 Å². The molecule has 1 heterocycles. The van der Waals surface area contributed by atoms with Gasteiger partial charge < -0.3 is 15.0 Å². The molecule has 2 rings (SSSR count). The topological polar surface area (TPSA) is 54.3 Å². The van der Waals surface area contributed by atoms with Gasteiger partial charge in [0.15, 0.2) is 0 Å². The summed E-state index contributed by atoms with van der Waals surface area (Å²) in [5, 5.41) is 11.6. The summed E-state index contributed by atoms with van der Waals surface area (Å²) in [5.74, 6) is 5.24. The summed E-state index contributed by atoms with van der Waals surface area (Å²) in [6.45, 7) is 1.74. The van der Waals surface area contributed by atoms with E-state index < -0.39 is 0 Å². The van der Waals surface area contributed by atoms with Gasteiger partial charge in [0.25, 0.3) is 5.91 Å². The minimum Gasteiger partial charge on any atom is -0.384 e. The summed E-state index contributed by atoms with van der Waals surface area (Å²) in [6.07, 6.45) is 1.82. The molecule has 0 aliphatic rings. The van der Waals surface area contributed by atoms with Gasteiger partial charge in [-0.2, -0.15) is 0 Å². The van der Waals surface area contributed by atoms with Gasteiger partial charge in [0.05, 0.1) is 5.69 Å². The quantitative estimate of drug-likeness (QED) is 0.818. The van der Waals surface area contributed by atoms with Gasteiger partial charge in [0.1, 0.15) is 12.3 Å². The lowest BCUT2D eigenvalue weighted by molar-refractivity contribution is 0.101. The van der Waals surface area contributed by atoms with Crippen LogP contribution in [0.2, 0.25) is 0 Å². The average Bonchev–Trinajstić information content (AvgIpc) is 2.84. The van der Waals surface area contributed by atoms with Crippen LogP contribution >= 0.6 is 0 Å². The summed E-state index contributed by atoms with van der Waals surface area (Å²) < 4.78 is 1.75. The number of nitrogens with zero attached hydrogens (tertiary/aromatic N) is 1. The van der Waals surface area contributed by atoms with Crippen LogP contribution < -0.4 is 5.32 Å². The first-order valence-corrected chi connectivity index (χ1v) is 6.25. The Kier molecular flexibility index (Phi) is 4.24. The number of aliphatic hydroxyl groups excluding tert-OH is 1. The summed E-state index contributed by atoms with van der Waals surface area (Å²) in [4.78, 5) is 12.2. The highest BCUT2D eigenvalue weighted by Crippen LogP contribution is 2.17. The van der Waals surface area contributed by atoms with Crippen molar-refractivity contribution in [2.75, 3.05) is 11.9 Å². The number of carbonyl (C=O) groups is 1. The third kappa shape index (κ3) is 3.08. The van der Waals surface area contributed by atoms with E-state index >= 15 is 0 Å². The maximum absolute atomic E-state index is 12.2. The van der Waals surface area contributed by atoms with Gasteiger partial charge in [-0.05, 0) is 36.8 Å². The Morgan fingerprint density at radius 3 is 2.85 bits per heavy atom. The Bertz CT molecular complexity index is 690. The van der Waals surface area contributed by atoms with Gasteiger partial charge in [-0.3, -0.25) is 4.79 Å². The Labute approximate surface area is 118 Å². The van der Waals surface area contributed by atoms with Crippen LogP contribution in [-0.4, -0.2) is 22.2 Å². The predicted molar refractivity (Wildman–Crippen MR) is 78.5 cm³/mol. The monoisotopic (exact) mass is 268 g/mol. The predicted octanol–water partition coefficient (Wildman–Crippen LogP) is 1.93. The van der Waals surface area contributed by atoms with Gasteiger partial charge in [-0.25, -0.2) is 0 Å². The highest BCUT2D eigenvalue weighted by molar-refractivity contribution is 6.04. The molecule has 0 radical (unpaired) electrons. The smallest absolute Gasteiger partial charge is 0.272 e. The van der Waals surface area contributed by atoms with E-state index in [1.54, 1.807) is 10.6 Å². The number of amides is 1. The maximum Gasteiger partial charge on any atom is 0.272 e. The molecule has 102 valence electrons. The van der Waals surface area contributed by atoms with Gasteiger partial charge in [0, 0.05) is 18.8 Å². The minimum absolute atomic E-state index is 0.185. The highest BCUT2D eigenvalue weighted by Gasteiger charge is 2.11. The number of aliphatic hydroxyl groups is 1. The molecule has 2 N–H and O–H groups in total. The Morgan fingerprint density at radius 2 is 2.20 bits per heavy atom. The summed E-state index contributed by atoms with van der Waals surface area (Å²) in [6, 6.07) is 9.18. The molecule has 4 nitrogen and oxygen atoms in total. The van der Waals surface area contributed by atoms with Gasteiger partial charge in [-0.1, -0.05) is 17.9 Å². The number of anilines is 1. The lowest BCUT2D eigenvalue weighted by Gasteiger charge is -2.09. The number of rotatable bonds is 2. The lowest BCUT2D eigenvalue weighted by atomic mass is 10.1. The van der Waals surface area contributed by atoms with E-state index in [1.165, 1.54) is 0 Å². The van der Waals surface area contributed by atoms with E-state index in [4.69, 9.17) is 5.11 Å². The first-order valence-electron chi connectivity index (χ1n) is 6.25. The zero-order valence-electron chi connectivity index (χ0n) is 11.5. The number of aryl methyl sites for hydroxylation is 2. The van der Waals surface area contributed by atoms with E-state index in [0.29, 0.717) is 16.9 Å². The lowest BCUT2D eigenvalue weighted by Crippen LogP contribution is -2.16. The Morgan fingerprint density at radius 1 is 1.40 bits per heavy atom. The van der Waals surface area contributed by atoms with E-state index in [1.807, 2.05) is 44.4 Å². The van der Waals surface area contributed by atoms with E-state index in [9.17, 15) is 4.79 Å². The molecule has 0 aliphatic heterocycles. The van der Waals surface area contributed by atoms with Crippen LogP contribution in [0.15, 0.2) is 36.5 Å². The van der Waals surface area contributed by atoms with Gasteiger partial charge in [-0.15, -0.1) is 0 Å². The normalized spacial score (nSPS) is 9.75. The fourth-order valence-corrected chi connectivity index (χ4v) is 1.89. The zero-order valence-corrected chi connectivity index (χ0v) is 11.5. The average molecular weight is 268 g/mol. The van der Waals surface area contributed by atoms with Crippen molar-refractivity contribution < 1.29 is 9.90 Å². The molecule has 1 aromatic heterocycles. The van der Waals surface area contributed by atoms with Crippen molar-refractivity contribution in [3.05, 3.63) is 53.3 Å². The van der Waals surface area contributed by atoms with Crippen molar-refractivity contribution in [2.45, 2.75) is 6.92 Å². The molecule has 1 aromatic carbocycles. The number of hydrogen-bond donors (Lipinski definition) is 2. The molecule has 4 heteroatoms. The summed E-state index contributed by atoms with van der Waals surface area (Å²) in [7, 11) is 1.82. The van der Waals surface area contributed by atoms with Crippen LogP contribution in [0.1, 0.15) is 21.6 Å². The molecule has 0 unspecified atom stereocenters. The molecule has 2 aromatic rings. The number of aromatic nitrogens is 1.